The molecule has 0 saturated carbocycles. The minimum absolute atomic E-state index is 0.172. The van der Waals surface area contributed by atoms with Crippen LogP contribution in [0.1, 0.15) is 35.2 Å². The lowest BCUT2D eigenvalue weighted by Gasteiger charge is -2.28. The van der Waals surface area contributed by atoms with E-state index in [-0.39, 0.29) is 17.4 Å². The first-order valence-corrected chi connectivity index (χ1v) is 10.7. The summed E-state index contributed by atoms with van der Waals surface area (Å²) in [6, 6.07) is 13.7. The Labute approximate surface area is 159 Å². The Morgan fingerprint density at radius 1 is 1.04 bits per heavy atom. The van der Waals surface area contributed by atoms with Crippen LogP contribution in [-0.2, 0) is 16.4 Å². The van der Waals surface area contributed by atoms with Crippen LogP contribution in [0.4, 0.5) is 5.69 Å². The Morgan fingerprint density at radius 2 is 1.74 bits per heavy atom. The van der Waals surface area contributed by atoms with Gasteiger partial charge in [0, 0.05) is 18.7 Å². The number of aryl methyl sites for hydroxylation is 1. The molecule has 0 aromatic heterocycles. The number of phenolic OH excluding ortho intramolecular Hbond substituents is 1. The highest BCUT2D eigenvalue weighted by Gasteiger charge is 2.25. The Hall–Kier alpha value is -2.54. The van der Waals surface area contributed by atoms with E-state index in [4.69, 9.17) is 0 Å². The van der Waals surface area contributed by atoms with Crippen LogP contribution >= 0.6 is 0 Å². The second-order valence-corrected chi connectivity index (χ2v) is 8.68. The minimum atomic E-state index is -3.24. The number of benzene rings is 2. The van der Waals surface area contributed by atoms with Gasteiger partial charge in [-0.05, 0) is 67.6 Å². The molecule has 2 aromatic rings. The van der Waals surface area contributed by atoms with Crippen molar-refractivity contribution >= 4 is 21.6 Å². The van der Waals surface area contributed by atoms with E-state index >= 15 is 0 Å². The van der Waals surface area contributed by atoms with Gasteiger partial charge in [-0.1, -0.05) is 12.1 Å². The molecule has 1 heterocycles. The summed E-state index contributed by atoms with van der Waals surface area (Å²) in [5.41, 5.74) is 2.23. The van der Waals surface area contributed by atoms with Gasteiger partial charge in [0.05, 0.1) is 11.4 Å². The summed E-state index contributed by atoms with van der Waals surface area (Å²) in [5, 5.41) is 12.1. The predicted molar refractivity (Wildman–Crippen MR) is 106 cm³/mol. The Kier molecular flexibility index (Phi) is 6.01. The summed E-state index contributed by atoms with van der Waals surface area (Å²) < 4.78 is 25.7. The quantitative estimate of drug-likeness (QED) is 0.745. The molecule has 1 saturated heterocycles. The topological polar surface area (TPSA) is 86.7 Å². The highest BCUT2D eigenvalue weighted by atomic mass is 32.2. The number of amides is 1. The first-order chi connectivity index (χ1) is 13.0. The maximum Gasteiger partial charge on any atom is 0.251 e. The largest absolute Gasteiger partial charge is 0.508 e. The number of hydrogen-bond donors (Lipinski definition) is 2. The van der Waals surface area contributed by atoms with Crippen molar-refractivity contribution in [3.05, 3.63) is 59.7 Å². The van der Waals surface area contributed by atoms with Crippen molar-refractivity contribution in [2.24, 2.45) is 0 Å². The summed E-state index contributed by atoms with van der Waals surface area (Å²) >= 11 is 0. The van der Waals surface area contributed by atoms with Crippen LogP contribution in [0.15, 0.2) is 48.5 Å². The zero-order chi connectivity index (χ0) is 19.3. The van der Waals surface area contributed by atoms with Crippen LogP contribution in [0.5, 0.6) is 5.75 Å². The molecular weight excluding hydrogens is 364 g/mol. The van der Waals surface area contributed by atoms with Crippen molar-refractivity contribution in [3.63, 3.8) is 0 Å². The number of hydrogen-bond acceptors (Lipinski definition) is 4. The SMILES string of the molecule is O=C(NCCCc1ccc(O)cc1)c1ccc(N2CCCCS2(=O)=O)cc1. The lowest BCUT2D eigenvalue weighted by Crippen LogP contribution is -2.37. The molecule has 3 rings (SSSR count). The molecule has 0 unspecified atom stereocenters. The number of phenols is 1. The molecule has 27 heavy (non-hydrogen) atoms. The normalized spacial score (nSPS) is 16.1. The van der Waals surface area contributed by atoms with Gasteiger partial charge < -0.3 is 10.4 Å². The molecule has 2 N–H and O–H groups in total. The highest BCUT2D eigenvalue weighted by Crippen LogP contribution is 2.23. The fourth-order valence-electron chi connectivity index (χ4n) is 3.12. The minimum Gasteiger partial charge on any atom is -0.508 e. The van der Waals surface area contributed by atoms with E-state index in [0.717, 1.165) is 24.8 Å². The van der Waals surface area contributed by atoms with Gasteiger partial charge in [-0.2, -0.15) is 0 Å². The molecule has 0 spiro atoms. The molecule has 1 aliphatic heterocycles. The van der Waals surface area contributed by atoms with Crippen molar-refractivity contribution in [1.29, 1.82) is 0 Å². The first-order valence-electron chi connectivity index (χ1n) is 9.12. The molecule has 7 heteroatoms. The van der Waals surface area contributed by atoms with Crippen molar-refractivity contribution in [1.82, 2.24) is 5.32 Å². The summed E-state index contributed by atoms with van der Waals surface area (Å²) in [4.78, 5) is 12.2. The third-order valence-electron chi connectivity index (χ3n) is 4.63. The van der Waals surface area contributed by atoms with E-state index < -0.39 is 10.0 Å². The highest BCUT2D eigenvalue weighted by molar-refractivity contribution is 7.92. The number of aromatic hydroxyl groups is 1. The average Bonchev–Trinajstić information content (AvgIpc) is 2.66. The molecule has 2 aromatic carbocycles. The number of nitrogens with one attached hydrogen (secondary N) is 1. The van der Waals surface area contributed by atoms with E-state index in [9.17, 15) is 18.3 Å². The van der Waals surface area contributed by atoms with E-state index in [1.54, 1.807) is 36.4 Å². The molecule has 1 fully saturated rings. The predicted octanol–water partition coefficient (Wildman–Crippen LogP) is 2.68. The van der Waals surface area contributed by atoms with Crippen molar-refractivity contribution < 1.29 is 18.3 Å². The molecule has 0 atom stereocenters. The Balaban J connectivity index is 1.51. The molecule has 1 aliphatic rings. The molecular formula is C20H24N2O4S. The summed E-state index contributed by atoms with van der Waals surface area (Å²) in [5.74, 6) is 0.248. The summed E-state index contributed by atoms with van der Waals surface area (Å²) in [6.45, 7) is 1.03. The van der Waals surface area contributed by atoms with E-state index in [1.807, 2.05) is 12.1 Å². The van der Waals surface area contributed by atoms with E-state index in [0.29, 0.717) is 30.8 Å². The van der Waals surface area contributed by atoms with Crippen LogP contribution in [0.2, 0.25) is 0 Å². The van der Waals surface area contributed by atoms with Crippen LogP contribution < -0.4 is 9.62 Å². The maximum absolute atomic E-state index is 12.2. The third-order valence-corrected chi connectivity index (χ3v) is 6.50. The molecule has 144 valence electrons. The fraction of sp³-hybridized carbons (Fsp3) is 0.350. The van der Waals surface area contributed by atoms with Gasteiger partial charge in [-0.25, -0.2) is 8.42 Å². The van der Waals surface area contributed by atoms with Crippen LogP contribution in [0.3, 0.4) is 0 Å². The van der Waals surface area contributed by atoms with E-state index in [1.165, 1.54) is 4.31 Å². The van der Waals surface area contributed by atoms with Gasteiger partial charge in [-0.3, -0.25) is 9.10 Å². The number of carbonyl (C=O) groups is 1. The van der Waals surface area contributed by atoms with Crippen molar-refractivity contribution in [2.45, 2.75) is 25.7 Å². The second kappa shape index (κ2) is 8.43. The van der Waals surface area contributed by atoms with Crippen LogP contribution in [-0.4, -0.2) is 38.3 Å². The van der Waals surface area contributed by atoms with Crippen LogP contribution in [0.25, 0.3) is 0 Å². The lowest BCUT2D eigenvalue weighted by molar-refractivity contribution is 0.0953. The standard InChI is InChI=1S/C20H24N2O4S/c23-19-11-5-16(6-12-19)4-3-13-21-20(24)17-7-9-18(10-8-17)22-14-1-2-15-27(22,25)26/h5-12,23H,1-4,13-15H2,(H,21,24). The lowest BCUT2D eigenvalue weighted by atomic mass is 10.1. The van der Waals surface area contributed by atoms with Crippen molar-refractivity contribution in [2.75, 3.05) is 23.1 Å². The maximum atomic E-state index is 12.2. The number of nitrogens with zero attached hydrogens (tertiary/aromatic N) is 1. The number of carbonyl (C=O) groups excluding carboxylic acids is 1. The molecule has 0 radical (unpaired) electrons. The number of sulfonamides is 1. The van der Waals surface area contributed by atoms with Gasteiger partial charge in [0.15, 0.2) is 0 Å². The zero-order valence-corrected chi connectivity index (χ0v) is 15.9. The van der Waals surface area contributed by atoms with Crippen molar-refractivity contribution in [3.8, 4) is 5.75 Å². The smallest absolute Gasteiger partial charge is 0.251 e. The second-order valence-electron chi connectivity index (χ2n) is 6.67. The van der Waals surface area contributed by atoms with Gasteiger partial charge >= 0.3 is 0 Å². The van der Waals surface area contributed by atoms with Crippen LogP contribution in [0, 0.1) is 0 Å². The van der Waals surface area contributed by atoms with Gasteiger partial charge in [-0.15, -0.1) is 0 Å². The summed E-state index contributed by atoms with van der Waals surface area (Å²) in [7, 11) is -3.24. The Bertz CT molecular complexity index is 877. The number of anilines is 1. The Morgan fingerprint density at radius 3 is 2.41 bits per heavy atom. The van der Waals surface area contributed by atoms with Gasteiger partial charge in [0.2, 0.25) is 10.0 Å². The molecule has 0 aliphatic carbocycles. The first kappa shape index (κ1) is 19.2. The average molecular weight is 388 g/mol. The fourth-order valence-corrected chi connectivity index (χ4v) is 4.76. The van der Waals surface area contributed by atoms with E-state index in [2.05, 4.69) is 5.32 Å². The molecule has 6 nitrogen and oxygen atoms in total. The van der Waals surface area contributed by atoms with Gasteiger partial charge in [0.25, 0.3) is 5.91 Å². The monoisotopic (exact) mass is 388 g/mol. The van der Waals surface area contributed by atoms with Gasteiger partial charge in [0.1, 0.15) is 5.75 Å². The summed E-state index contributed by atoms with van der Waals surface area (Å²) in [6.07, 6.45) is 3.15. The zero-order valence-electron chi connectivity index (χ0n) is 15.1. The number of rotatable bonds is 6. The third kappa shape index (κ3) is 5.01. The molecule has 1 amide bonds. The molecule has 0 bridgehead atoms.